The molecule has 0 fully saturated rings. The van der Waals surface area contributed by atoms with Crippen molar-refractivity contribution < 1.29 is 8.83 Å². The number of fused-ring (bicyclic) bond motifs is 9. The van der Waals surface area contributed by atoms with E-state index in [2.05, 4.69) is 108 Å². The van der Waals surface area contributed by atoms with Gasteiger partial charge >= 0.3 is 0 Å². The van der Waals surface area contributed by atoms with Crippen LogP contribution in [0.25, 0.3) is 117 Å². The maximum absolute atomic E-state index is 6.60. The fraction of sp³-hybridized carbons (Fsp3) is 0. The highest BCUT2D eigenvalue weighted by Gasteiger charge is 2.19. The van der Waals surface area contributed by atoms with E-state index < -0.39 is 0 Å². The molecule has 12 rings (SSSR count). The molecule has 0 bridgehead atoms. The summed E-state index contributed by atoms with van der Waals surface area (Å²) < 4.78 is 15.4. The molecule has 4 aromatic heterocycles. The van der Waals surface area contributed by atoms with Crippen LogP contribution in [0.2, 0.25) is 0 Å². The number of para-hydroxylation sites is 1. The molecule has 0 spiro atoms. The van der Waals surface area contributed by atoms with Crippen molar-refractivity contribution >= 4 is 65.7 Å². The van der Waals surface area contributed by atoms with Gasteiger partial charge in [-0.15, -0.1) is 0 Å². The molecule has 0 atom stereocenters. The fourth-order valence-electron chi connectivity index (χ4n) is 8.31. The molecular weight excluding hydrogens is 701 g/mol. The van der Waals surface area contributed by atoms with Gasteiger partial charge < -0.3 is 13.4 Å². The summed E-state index contributed by atoms with van der Waals surface area (Å²) in [5.74, 6) is 1.85. The first-order valence-corrected chi connectivity index (χ1v) is 19.0. The zero-order chi connectivity index (χ0) is 37.5. The van der Waals surface area contributed by atoms with Crippen LogP contribution in [0.3, 0.4) is 0 Å². The Kier molecular flexibility index (Phi) is 6.83. The summed E-state index contributed by atoms with van der Waals surface area (Å²) >= 11 is 0. The van der Waals surface area contributed by atoms with Crippen molar-refractivity contribution in [1.82, 2.24) is 19.5 Å². The van der Waals surface area contributed by atoms with Crippen LogP contribution in [0.4, 0.5) is 0 Å². The van der Waals surface area contributed by atoms with Crippen LogP contribution in [0.15, 0.2) is 191 Å². The highest BCUT2D eigenvalue weighted by Crippen LogP contribution is 2.40. The number of nitrogens with zero attached hydrogens (tertiary/aromatic N) is 4. The second kappa shape index (κ2) is 12.3. The third kappa shape index (κ3) is 5.08. The topological polar surface area (TPSA) is 69.9 Å². The average Bonchev–Trinajstić information content (AvgIpc) is 3.94. The van der Waals surface area contributed by atoms with Crippen molar-refractivity contribution in [2.24, 2.45) is 0 Å². The van der Waals surface area contributed by atoms with Crippen molar-refractivity contribution in [1.29, 1.82) is 0 Å². The minimum atomic E-state index is 0.600. The Morgan fingerprint density at radius 3 is 1.54 bits per heavy atom. The Labute approximate surface area is 325 Å². The molecule has 0 aliphatic heterocycles. The van der Waals surface area contributed by atoms with Gasteiger partial charge in [0.25, 0.3) is 0 Å². The SMILES string of the molecule is c1ccc(-c2ccc3c(c2)c2ccccc2n3-c2ccc3c(c2)oc2cc4oc5ccc(-c6nc(-c7ccccc7)nc(-c7ccccc7)n6)cc5c4cc23)cc1. The molecular formula is C51H30N4O2. The molecule has 57 heavy (non-hydrogen) atoms. The van der Waals surface area contributed by atoms with Crippen LogP contribution < -0.4 is 0 Å². The van der Waals surface area contributed by atoms with Crippen molar-refractivity contribution in [2.75, 3.05) is 0 Å². The van der Waals surface area contributed by atoms with E-state index in [9.17, 15) is 0 Å². The van der Waals surface area contributed by atoms with Gasteiger partial charge in [0.1, 0.15) is 22.3 Å². The smallest absolute Gasteiger partial charge is 0.164 e. The van der Waals surface area contributed by atoms with Crippen LogP contribution in [0, 0.1) is 0 Å². The molecule has 0 saturated heterocycles. The summed E-state index contributed by atoms with van der Waals surface area (Å²) in [6.07, 6.45) is 0. The fourth-order valence-corrected chi connectivity index (χ4v) is 8.31. The van der Waals surface area contributed by atoms with Gasteiger partial charge in [-0.1, -0.05) is 115 Å². The van der Waals surface area contributed by atoms with Crippen molar-refractivity contribution in [2.45, 2.75) is 0 Å². The Morgan fingerprint density at radius 2 is 0.825 bits per heavy atom. The Bertz CT molecular complexity index is 3450. The standard InChI is InChI=1S/C51H30N4O2/c1-4-12-31(13-5-1)34-20-24-44-39(26-34)37-18-10-11-19-43(37)55(44)36-22-23-38-41-29-42-40-27-35(21-25-45(40)56-48(42)30-47(41)57-46(38)28-36)51-53-49(32-14-6-2-7-15-32)52-50(54-51)33-16-8-3-9-17-33/h1-30H. The van der Waals surface area contributed by atoms with E-state index in [1.165, 1.54) is 21.9 Å². The number of furan rings is 2. The lowest BCUT2D eigenvalue weighted by molar-refractivity contribution is 0.656. The van der Waals surface area contributed by atoms with E-state index in [1.54, 1.807) is 0 Å². The molecule has 0 N–H and O–H groups in total. The largest absolute Gasteiger partial charge is 0.456 e. The van der Waals surface area contributed by atoms with E-state index >= 15 is 0 Å². The molecule has 6 nitrogen and oxygen atoms in total. The maximum Gasteiger partial charge on any atom is 0.164 e. The average molecular weight is 731 g/mol. The number of rotatable bonds is 5. The third-order valence-corrected chi connectivity index (χ3v) is 11.0. The zero-order valence-electron chi connectivity index (χ0n) is 30.4. The molecule has 6 heteroatoms. The minimum Gasteiger partial charge on any atom is -0.456 e. The Morgan fingerprint density at radius 1 is 0.298 bits per heavy atom. The summed E-state index contributed by atoms with van der Waals surface area (Å²) in [5.41, 5.74) is 11.6. The van der Waals surface area contributed by atoms with Crippen LogP contribution in [0.1, 0.15) is 0 Å². The Balaban J connectivity index is 0.986. The first-order valence-electron chi connectivity index (χ1n) is 19.0. The van der Waals surface area contributed by atoms with E-state index in [-0.39, 0.29) is 0 Å². The lowest BCUT2D eigenvalue weighted by Gasteiger charge is -2.08. The van der Waals surface area contributed by atoms with Crippen molar-refractivity contribution in [3.05, 3.63) is 182 Å². The van der Waals surface area contributed by atoms with Crippen LogP contribution in [-0.4, -0.2) is 19.5 Å². The number of aromatic nitrogens is 4. The molecule has 0 radical (unpaired) electrons. The molecule has 0 amide bonds. The summed E-state index contributed by atoms with van der Waals surface area (Å²) in [5, 5.41) is 6.50. The van der Waals surface area contributed by atoms with Gasteiger partial charge in [-0.3, -0.25) is 0 Å². The van der Waals surface area contributed by atoms with Gasteiger partial charge in [0, 0.05) is 66.8 Å². The summed E-state index contributed by atoms with van der Waals surface area (Å²) in [7, 11) is 0. The molecule has 0 aliphatic rings. The molecule has 0 aliphatic carbocycles. The van der Waals surface area contributed by atoms with Gasteiger partial charge in [0.2, 0.25) is 0 Å². The molecule has 4 heterocycles. The molecule has 8 aromatic carbocycles. The Hall–Kier alpha value is -7.83. The quantitative estimate of drug-likeness (QED) is 0.176. The van der Waals surface area contributed by atoms with Gasteiger partial charge in [-0.05, 0) is 65.7 Å². The predicted octanol–water partition coefficient (Wildman–Crippen LogP) is 13.4. The normalized spacial score (nSPS) is 11.9. The lowest BCUT2D eigenvalue weighted by Crippen LogP contribution is -2.00. The van der Waals surface area contributed by atoms with Gasteiger partial charge in [0.05, 0.1) is 11.0 Å². The summed E-state index contributed by atoms with van der Waals surface area (Å²) in [6, 6.07) is 62.8. The van der Waals surface area contributed by atoms with Crippen LogP contribution in [-0.2, 0) is 0 Å². The van der Waals surface area contributed by atoms with Crippen molar-refractivity contribution in [3.63, 3.8) is 0 Å². The number of hydrogen-bond acceptors (Lipinski definition) is 5. The van der Waals surface area contributed by atoms with Gasteiger partial charge in [0.15, 0.2) is 17.5 Å². The molecule has 266 valence electrons. The highest BCUT2D eigenvalue weighted by molar-refractivity contribution is 6.16. The van der Waals surface area contributed by atoms with E-state index in [0.29, 0.717) is 17.5 Å². The second-order valence-corrected chi connectivity index (χ2v) is 14.4. The monoisotopic (exact) mass is 730 g/mol. The van der Waals surface area contributed by atoms with Gasteiger partial charge in [-0.2, -0.15) is 0 Å². The maximum atomic E-state index is 6.60. The minimum absolute atomic E-state index is 0.600. The molecule has 0 unspecified atom stereocenters. The predicted molar refractivity (Wildman–Crippen MR) is 230 cm³/mol. The molecule has 0 saturated carbocycles. The highest BCUT2D eigenvalue weighted by atomic mass is 16.3. The first kappa shape index (κ1) is 31.5. The summed E-state index contributed by atoms with van der Waals surface area (Å²) in [4.78, 5) is 14.8. The van der Waals surface area contributed by atoms with Crippen LogP contribution in [0.5, 0.6) is 0 Å². The third-order valence-electron chi connectivity index (χ3n) is 11.0. The van der Waals surface area contributed by atoms with E-state index in [1.807, 2.05) is 78.9 Å². The first-order chi connectivity index (χ1) is 28.2. The number of benzene rings is 8. The second-order valence-electron chi connectivity index (χ2n) is 14.4. The lowest BCUT2D eigenvalue weighted by atomic mass is 10.0. The zero-order valence-corrected chi connectivity index (χ0v) is 30.4. The van der Waals surface area contributed by atoms with Crippen molar-refractivity contribution in [3.8, 4) is 51.0 Å². The summed E-state index contributed by atoms with van der Waals surface area (Å²) in [6.45, 7) is 0. The number of hydrogen-bond donors (Lipinski definition) is 0. The van der Waals surface area contributed by atoms with E-state index in [4.69, 9.17) is 23.8 Å². The van der Waals surface area contributed by atoms with E-state index in [0.717, 1.165) is 77.3 Å². The van der Waals surface area contributed by atoms with Crippen LogP contribution >= 0.6 is 0 Å². The van der Waals surface area contributed by atoms with Gasteiger partial charge in [-0.25, -0.2) is 15.0 Å². The molecule has 12 aromatic rings.